The summed E-state index contributed by atoms with van der Waals surface area (Å²) >= 11 is 1.88. The molecule has 0 atom stereocenters. The molecule has 0 aliphatic heterocycles. The number of thiophene rings is 1. The van der Waals surface area contributed by atoms with E-state index in [0.717, 1.165) is 5.69 Å². The van der Waals surface area contributed by atoms with Crippen LogP contribution in [0.3, 0.4) is 0 Å². The molecule has 1 nitrogen and oxygen atoms in total. The van der Waals surface area contributed by atoms with Crippen LogP contribution < -0.4 is 4.90 Å². The van der Waals surface area contributed by atoms with Gasteiger partial charge in [0.2, 0.25) is 0 Å². The second-order valence-corrected chi connectivity index (χ2v) is 12.5. The zero-order chi connectivity index (χ0) is 27.6. The van der Waals surface area contributed by atoms with Gasteiger partial charge in [0.1, 0.15) is 0 Å². The molecule has 0 spiro atoms. The maximum Gasteiger partial charge on any atom is 0.0640 e. The molecule has 7 aromatic rings. The Morgan fingerprint density at radius 3 is 2.02 bits per heavy atom. The van der Waals surface area contributed by atoms with Crippen molar-refractivity contribution in [2.45, 2.75) is 19.3 Å². The Labute approximate surface area is 245 Å². The van der Waals surface area contributed by atoms with Crippen LogP contribution in [0.25, 0.3) is 42.4 Å². The van der Waals surface area contributed by atoms with E-state index in [2.05, 4.69) is 158 Å². The number of rotatable bonds is 4. The van der Waals surface area contributed by atoms with Crippen LogP contribution in [0.5, 0.6) is 0 Å². The average molecular weight is 544 g/mol. The van der Waals surface area contributed by atoms with Crippen LogP contribution in [0.2, 0.25) is 0 Å². The molecule has 0 radical (unpaired) electrons. The summed E-state index contributed by atoms with van der Waals surface area (Å²) in [5.74, 6) is 0. The molecule has 6 aromatic carbocycles. The van der Waals surface area contributed by atoms with Crippen LogP contribution in [0.15, 0.2) is 140 Å². The fourth-order valence-corrected chi connectivity index (χ4v) is 7.82. The molecule has 0 unspecified atom stereocenters. The van der Waals surface area contributed by atoms with Crippen molar-refractivity contribution in [3.8, 4) is 22.3 Å². The summed E-state index contributed by atoms with van der Waals surface area (Å²) in [6.07, 6.45) is 0. The van der Waals surface area contributed by atoms with Gasteiger partial charge in [0.25, 0.3) is 0 Å². The lowest BCUT2D eigenvalue weighted by atomic mass is 9.82. The smallest absolute Gasteiger partial charge is 0.0640 e. The van der Waals surface area contributed by atoms with Gasteiger partial charge >= 0.3 is 0 Å². The average Bonchev–Trinajstić information content (AvgIpc) is 3.51. The summed E-state index contributed by atoms with van der Waals surface area (Å²) in [4.78, 5) is 2.45. The Balaban J connectivity index is 1.35. The monoisotopic (exact) mass is 543 g/mol. The fourth-order valence-electron chi connectivity index (χ4n) is 6.62. The van der Waals surface area contributed by atoms with Crippen LogP contribution in [0.4, 0.5) is 17.1 Å². The van der Waals surface area contributed by atoms with Gasteiger partial charge in [-0.2, -0.15) is 0 Å². The highest BCUT2D eigenvalue weighted by atomic mass is 32.1. The largest absolute Gasteiger partial charge is 0.309 e. The van der Waals surface area contributed by atoms with Crippen LogP contribution in [-0.2, 0) is 5.41 Å². The molecule has 0 bridgehead atoms. The zero-order valence-corrected chi connectivity index (χ0v) is 24.0. The zero-order valence-electron chi connectivity index (χ0n) is 23.1. The number of benzene rings is 6. The molecule has 1 aliphatic rings. The van der Waals surface area contributed by atoms with E-state index in [9.17, 15) is 0 Å². The molecule has 8 rings (SSSR count). The number of anilines is 3. The fraction of sp³-hybridized carbons (Fsp3) is 0.0769. The highest BCUT2D eigenvalue weighted by Crippen LogP contribution is 2.51. The first-order valence-electron chi connectivity index (χ1n) is 14.2. The van der Waals surface area contributed by atoms with E-state index >= 15 is 0 Å². The molecule has 1 aliphatic carbocycles. The van der Waals surface area contributed by atoms with E-state index in [1.165, 1.54) is 64.9 Å². The van der Waals surface area contributed by atoms with E-state index in [1.54, 1.807) is 0 Å². The third-order valence-electron chi connectivity index (χ3n) is 8.68. The van der Waals surface area contributed by atoms with Crippen molar-refractivity contribution < 1.29 is 0 Å². The number of nitrogens with zero attached hydrogens (tertiary/aromatic N) is 1. The van der Waals surface area contributed by atoms with E-state index in [-0.39, 0.29) is 5.41 Å². The third kappa shape index (κ3) is 3.75. The Bertz CT molecular complexity index is 2070. The number of hydrogen-bond donors (Lipinski definition) is 0. The van der Waals surface area contributed by atoms with E-state index in [0.29, 0.717) is 0 Å². The number of fused-ring (bicyclic) bond motifs is 6. The first kappa shape index (κ1) is 24.2. The molecule has 1 heterocycles. The van der Waals surface area contributed by atoms with Crippen LogP contribution in [0, 0.1) is 0 Å². The minimum absolute atomic E-state index is 0.0158. The highest BCUT2D eigenvalue weighted by molar-refractivity contribution is 7.26. The predicted octanol–water partition coefficient (Wildman–Crippen LogP) is 11.5. The Morgan fingerprint density at radius 1 is 0.512 bits per heavy atom. The maximum atomic E-state index is 2.45. The van der Waals surface area contributed by atoms with Crippen LogP contribution in [-0.4, -0.2) is 0 Å². The molecular weight excluding hydrogens is 515 g/mol. The Kier molecular flexibility index (Phi) is 5.42. The van der Waals surface area contributed by atoms with Crippen molar-refractivity contribution in [3.05, 3.63) is 151 Å². The van der Waals surface area contributed by atoms with Gasteiger partial charge in [-0.15, -0.1) is 11.3 Å². The van der Waals surface area contributed by atoms with Gasteiger partial charge < -0.3 is 4.90 Å². The first-order chi connectivity index (χ1) is 20.1. The lowest BCUT2D eigenvalue weighted by Crippen LogP contribution is -2.15. The summed E-state index contributed by atoms with van der Waals surface area (Å²) in [5.41, 5.74) is 11.4. The summed E-state index contributed by atoms with van der Waals surface area (Å²) in [7, 11) is 0. The summed E-state index contributed by atoms with van der Waals surface area (Å²) in [6.45, 7) is 4.69. The normalized spacial score (nSPS) is 13.3. The summed E-state index contributed by atoms with van der Waals surface area (Å²) in [5, 5.41) is 2.63. The van der Waals surface area contributed by atoms with Crippen molar-refractivity contribution in [2.75, 3.05) is 4.90 Å². The van der Waals surface area contributed by atoms with Crippen LogP contribution >= 0.6 is 11.3 Å². The van der Waals surface area contributed by atoms with Crippen LogP contribution in [0.1, 0.15) is 25.0 Å². The molecule has 0 fully saturated rings. The highest BCUT2D eigenvalue weighted by Gasteiger charge is 2.35. The van der Waals surface area contributed by atoms with E-state index < -0.39 is 0 Å². The van der Waals surface area contributed by atoms with Crippen molar-refractivity contribution in [1.29, 1.82) is 0 Å². The topological polar surface area (TPSA) is 3.24 Å². The van der Waals surface area contributed by atoms with Crippen molar-refractivity contribution in [1.82, 2.24) is 0 Å². The van der Waals surface area contributed by atoms with Gasteiger partial charge in [-0.25, -0.2) is 0 Å². The van der Waals surface area contributed by atoms with Gasteiger partial charge in [0.05, 0.1) is 10.4 Å². The first-order valence-corrected chi connectivity index (χ1v) is 15.0. The maximum absolute atomic E-state index is 2.45. The number of hydrogen-bond acceptors (Lipinski definition) is 2. The van der Waals surface area contributed by atoms with Crippen molar-refractivity contribution in [3.63, 3.8) is 0 Å². The molecule has 0 amide bonds. The Morgan fingerprint density at radius 2 is 1.17 bits per heavy atom. The minimum atomic E-state index is -0.0158. The molecule has 0 saturated heterocycles. The SMILES string of the molecule is CC1(C)c2ccccc2-c2cc(N(c3ccc(-c4ccccc4)cc3)c3cccc4c3sc3ccccc34)ccc21. The molecule has 0 N–H and O–H groups in total. The lowest BCUT2D eigenvalue weighted by Gasteiger charge is -2.28. The predicted molar refractivity (Wildman–Crippen MR) is 177 cm³/mol. The lowest BCUT2D eigenvalue weighted by molar-refractivity contribution is 0.660. The molecule has 2 heteroatoms. The van der Waals surface area contributed by atoms with Crippen molar-refractivity contribution in [2.24, 2.45) is 0 Å². The molecule has 41 heavy (non-hydrogen) atoms. The molecule has 0 saturated carbocycles. The Hall–Kier alpha value is -4.66. The van der Waals surface area contributed by atoms with Gasteiger partial charge in [0, 0.05) is 32.3 Å². The standard InChI is InChI=1S/C39H29NS/c1-39(2)34-16-8-6-13-30(34)33-25-29(23-24-35(33)39)40(28-21-19-27(20-22-28)26-11-4-3-5-12-26)36-17-10-15-32-31-14-7-9-18-37(31)41-38(32)36/h3-25H,1-2H3. The third-order valence-corrected chi connectivity index (χ3v) is 9.89. The van der Waals surface area contributed by atoms with E-state index in [1.807, 2.05) is 11.3 Å². The van der Waals surface area contributed by atoms with E-state index in [4.69, 9.17) is 0 Å². The second kappa shape index (κ2) is 9.19. The quantitative estimate of drug-likeness (QED) is 0.213. The molecular formula is C39H29NS. The summed E-state index contributed by atoms with van der Waals surface area (Å²) in [6, 6.07) is 51.1. The van der Waals surface area contributed by atoms with Gasteiger partial charge in [-0.1, -0.05) is 117 Å². The van der Waals surface area contributed by atoms with Gasteiger partial charge in [-0.05, 0) is 69.8 Å². The van der Waals surface area contributed by atoms with Gasteiger partial charge in [-0.3, -0.25) is 0 Å². The second-order valence-electron chi connectivity index (χ2n) is 11.4. The molecule has 196 valence electrons. The van der Waals surface area contributed by atoms with Crippen molar-refractivity contribution >= 4 is 48.6 Å². The molecule has 1 aromatic heterocycles. The minimum Gasteiger partial charge on any atom is -0.309 e. The summed E-state index contributed by atoms with van der Waals surface area (Å²) < 4.78 is 2.63. The van der Waals surface area contributed by atoms with Gasteiger partial charge in [0.15, 0.2) is 0 Å².